The molecular weight excluding hydrogens is 574 g/mol. The Hall–Kier alpha value is -1.68. The van der Waals surface area contributed by atoms with E-state index in [0.717, 1.165) is 27.8 Å². The number of hydrogen-bond donors (Lipinski definition) is 0. The molecule has 0 unspecified atom stereocenters. The molecule has 0 spiro atoms. The first-order valence-corrected chi connectivity index (χ1v) is 11.2. The summed E-state index contributed by atoms with van der Waals surface area (Å²) in [4.78, 5) is 10.4. The second-order valence-electron chi connectivity index (χ2n) is 7.55. The van der Waals surface area contributed by atoms with Crippen molar-refractivity contribution in [1.29, 1.82) is 0 Å². The number of aryl methyl sites for hydroxylation is 4. The van der Waals surface area contributed by atoms with Gasteiger partial charge in [0, 0.05) is 35.6 Å². The third-order valence-electron chi connectivity index (χ3n) is 4.79. The van der Waals surface area contributed by atoms with E-state index < -0.39 is 21.1 Å². The predicted octanol–water partition coefficient (Wildman–Crippen LogP) is 8.26. The quantitative estimate of drug-likeness (QED) is 0.132. The van der Waals surface area contributed by atoms with Gasteiger partial charge < -0.3 is 9.53 Å². The average molecular weight is 594 g/mol. The van der Waals surface area contributed by atoms with Gasteiger partial charge in [-0.05, 0) is 45.0 Å². The van der Waals surface area contributed by atoms with Crippen molar-refractivity contribution in [3.63, 3.8) is 0 Å². The number of carbonyl (C=O) groups is 1. The Bertz CT molecular complexity index is 1170. The number of ether oxygens (including phenoxy) is 1. The fourth-order valence-electron chi connectivity index (χ4n) is 3.53. The van der Waals surface area contributed by atoms with Gasteiger partial charge in [0.2, 0.25) is 0 Å². The monoisotopic (exact) mass is 594 g/mol. The smallest absolute Gasteiger partial charge is 0.310 e. The van der Waals surface area contributed by atoms with E-state index in [4.69, 9.17) is 4.74 Å². The molecule has 0 aliphatic heterocycles. The molecule has 0 saturated carbocycles. The Kier molecular flexibility index (Phi) is 6.87. The molecule has 0 atom stereocenters. The minimum atomic E-state index is -9.78. The van der Waals surface area contributed by atoms with E-state index >= 15 is 0 Å². The zero-order valence-corrected chi connectivity index (χ0v) is 22.3. The van der Waals surface area contributed by atoms with E-state index in [9.17, 15) is 24.2 Å². The summed E-state index contributed by atoms with van der Waals surface area (Å²) >= 11 is 0. The Labute approximate surface area is 211 Å². The van der Waals surface area contributed by atoms with Gasteiger partial charge in [0.15, 0.2) is 0 Å². The van der Waals surface area contributed by atoms with Crippen LogP contribution in [0.4, 0.5) is 19.4 Å². The van der Waals surface area contributed by atoms with Crippen LogP contribution in [0.5, 0.6) is 5.75 Å². The summed E-state index contributed by atoms with van der Waals surface area (Å²) in [5, 5.41) is 0. The molecule has 0 N–H and O–H groups in total. The standard InChI is InChI=1S/C23H20F5O2S.La/c1-14-11-16(3)22(17(4)12-14)18-5-10-21(15(2)13-18)23(29)30-19-6-8-20(9-7-19)31(24,25,26,27)28;/h5-9,11-13H,1-4H3;/q-1;. The second kappa shape index (κ2) is 8.27. The van der Waals surface area contributed by atoms with E-state index in [1.807, 2.05) is 20.8 Å². The first-order chi connectivity index (χ1) is 14.0. The van der Waals surface area contributed by atoms with Crippen LogP contribution >= 0.6 is 10.2 Å². The molecule has 169 valence electrons. The van der Waals surface area contributed by atoms with Crippen LogP contribution in [0, 0.1) is 69.4 Å². The van der Waals surface area contributed by atoms with Gasteiger partial charge >= 0.3 is 10.2 Å². The zero-order valence-electron chi connectivity index (χ0n) is 17.8. The largest absolute Gasteiger partial charge is 0.467 e. The first-order valence-electron chi connectivity index (χ1n) is 9.22. The van der Waals surface area contributed by atoms with Crippen molar-refractivity contribution in [2.45, 2.75) is 32.6 Å². The number of halogens is 5. The van der Waals surface area contributed by atoms with Crippen molar-refractivity contribution in [1.82, 2.24) is 0 Å². The van der Waals surface area contributed by atoms with E-state index in [2.05, 4.69) is 18.2 Å². The maximum atomic E-state index is 12.8. The van der Waals surface area contributed by atoms with Gasteiger partial charge in [0.1, 0.15) is 10.6 Å². The van der Waals surface area contributed by atoms with E-state index in [0.29, 0.717) is 17.7 Å². The summed E-state index contributed by atoms with van der Waals surface area (Å²) in [6.07, 6.45) is 0. The molecule has 1 radical (unpaired) electrons. The van der Waals surface area contributed by atoms with Gasteiger partial charge in [0.05, 0.1) is 0 Å². The van der Waals surface area contributed by atoms with Crippen molar-refractivity contribution in [2.75, 3.05) is 0 Å². The number of esters is 1. The zero-order chi connectivity index (χ0) is 23.3. The van der Waals surface area contributed by atoms with Crippen LogP contribution in [-0.4, -0.2) is 5.97 Å². The predicted molar refractivity (Wildman–Crippen MR) is 112 cm³/mol. The molecule has 0 heterocycles. The van der Waals surface area contributed by atoms with Crippen molar-refractivity contribution in [3.05, 3.63) is 82.4 Å². The maximum absolute atomic E-state index is 12.8. The molecule has 9 heteroatoms. The molecule has 0 aliphatic rings. The number of hydrogen-bond acceptors (Lipinski definition) is 2. The second-order valence-corrected chi connectivity index (χ2v) is 9.96. The molecule has 2 nitrogen and oxygen atoms in total. The van der Waals surface area contributed by atoms with E-state index in [-0.39, 0.29) is 59.0 Å². The molecule has 0 aliphatic carbocycles. The molecular formula is C23H20F5LaO2S-. The number of benzene rings is 3. The summed E-state index contributed by atoms with van der Waals surface area (Å²) in [7, 11) is -9.78. The molecule has 0 bridgehead atoms. The third kappa shape index (κ3) is 6.01. The number of carbonyl (C=O) groups excluding carboxylic acids is 1. The molecule has 3 aromatic rings. The van der Waals surface area contributed by atoms with Gasteiger partial charge in [0.25, 0.3) is 5.97 Å². The minimum absolute atomic E-state index is 0. The van der Waals surface area contributed by atoms with Crippen LogP contribution in [0.25, 0.3) is 11.1 Å². The number of rotatable bonds is 4. The van der Waals surface area contributed by atoms with E-state index in [1.54, 1.807) is 19.1 Å². The normalized spacial score (nSPS) is 13.5. The Morgan fingerprint density at radius 3 is 1.84 bits per heavy atom. The molecule has 3 rings (SSSR count). The van der Waals surface area contributed by atoms with E-state index in [1.165, 1.54) is 0 Å². The molecule has 32 heavy (non-hydrogen) atoms. The summed E-state index contributed by atoms with van der Waals surface area (Å²) in [5.74, 6) is -1.13. The summed E-state index contributed by atoms with van der Waals surface area (Å²) in [6, 6.07) is 12.2. The van der Waals surface area contributed by atoms with Crippen molar-refractivity contribution in [2.24, 2.45) is 0 Å². The Morgan fingerprint density at radius 1 is 0.844 bits per heavy atom. The average Bonchev–Trinajstić information content (AvgIpc) is 2.59. The van der Waals surface area contributed by atoms with Gasteiger partial charge in [-0.15, -0.1) is 23.8 Å². The fourth-order valence-corrected chi connectivity index (χ4v) is 4.18. The van der Waals surface area contributed by atoms with Crippen molar-refractivity contribution >= 4 is 16.2 Å². The third-order valence-corrected chi connectivity index (χ3v) is 5.95. The molecule has 0 saturated heterocycles. The van der Waals surface area contributed by atoms with Crippen LogP contribution in [0.2, 0.25) is 0 Å². The Balaban J connectivity index is 0.00000363. The summed E-state index contributed by atoms with van der Waals surface area (Å²) < 4.78 is 69.1. The van der Waals surface area contributed by atoms with Crippen LogP contribution < -0.4 is 4.74 Å². The fraction of sp³-hybridized carbons (Fsp3) is 0.174. The molecule has 0 aromatic heterocycles. The maximum Gasteiger partial charge on any atom is 0.310 e. The first kappa shape index (κ1) is 26.6. The van der Waals surface area contributed by atoms with Gasteiger partial charge in [-0.2, -0.15) is 0 Å². The summed E-state index contributed by atoms with van der Waals surface area (Å²) in [5.41, 5.74) is 5.83. The molecule has 0 amide bonds. The summed E-state index contributed by atoms with van der Waals surface area (Å²) in [6.45, 7) is 7.67. The van der Waals surface area contributed by atoms with Crippen LogP contribution in [0.15, 0.2) is 53.4 Å². The molecule has 3 aromatic carbocycles. The minimum Gasteiger partial charge on any atom is -0.467 e. The van der Waals surface area contributed by atoms with Crippen molar-refractivity contribution in [3.8, 4) is 16.9 Å². The molecule has 0 fully saturated rings. The van der Waals surface area contributed by atoms with Gasteiger partial charge in [-0.3, -0.25) is 0 Å². The van der Waals surface area contributed by atoms with Crippen molar-refractivity contribution < 1.29 is 64.6 Å². The SMILES string of the molecule is Cc1cc(C)c(-c2c[c-]c(C(=O)Oc3ccc(S(F)(F)(F)(F)F)cc3)c(C)c2)c(C)c1.[La]. The van der Waals surface area contributed by atoms with Crippen LogP contribution in [-0.2, 0) is 0 Å². The van der Waals surface area contributed by atoms with Crippen LogP contribution in [0.1, 0.15) is 32.6 Å². The van der Waals surface area contributed by atoms with Crippen LogP contribution in [0.3, 0.4) is 0 Å². The van der Waals surface area contributed by atoms with Gasteiger partial charge in [-0.1, -0.05) is 71.9 Å². The van der Waals surface area contributed by atoms with Gasteiger partial charge in [-0.25, -0.2) is 0 Å². The Morgan fingerprint density at radius 2 is 1.38 bits per heavy atom. The topological polar surface area (TPSA) is 26.3 Å².